The second-order valence-electron chi connectivity index (χ2n) is 4.52. The maximum Gasteiger partial charge on any atom is 0.259 e. The zero-order chi connectivity index (χ0) is 16.7. The largest absolute Gasteiger partial charge is 0.496 e. The molecule has 0 saturated carbocycles. The molecule has 5 nitrogen and oxygen atoms in total. The van der Waals surface area contributed by atoms with Gasteiger partial charge in [-0.15, -0.1) is 0 Å². The quantitative estimate of drug-likeness (QED) is 0.617. The molecule has 2 rings (SSSR count). The van der Waals surface area contributed by atoms with Crippen molar-refractivity contribution in [2.24, 2.45) is 5.10 Å². The fourth-order valence-electron chi connectivity index (χ4n) is 1.77. The number of carbonyl (C=O) groups excluding carboxylic acids is 1. The highest BCUT2D eigenvalue weighted by Gasteiger charge is 2.03. The maximum absolute atomic E-state index is 11.7. The van der Waals surface area contributed by atoms with Crippen molar-refractivity contribution >= 4 is 41.0 Å². The monoisotopic (exact) mass is 351 g/mol. The summed E-state index contributed by atoms with van der Waals surface area (Å²) >= 11 is 11.7. The van der Waals surface area contributed by atoms with Crippen molar-refractivity contribution in [1.29, 1.82) is 0 Å². The highest BCUT2D eigenvalue weighted by molar-refractivity contribution is 6.42. The van der Waals surface area contributed by atoms with Gasteiger partial charge >= 0.3 is 0 Å². The summed E-state index contributed by atoms with van der Waals surface area (Å²) in [6, 6.07) is 12.4. The van der Waals surface area contributed by atoms with Crippen LogP contribution in [0.1, 0.15) is 5.56 Å². The van der Waals surface area contributed by atoms with Gasteiger partial charge in [-0.25, -0.2) is 5.43 Å². The molecule has 0 spiro atoms. The zero-order valence-corrected chi connectivity index (χ0v) is 13.9. The average molecular weight is 352 g/mol. The van der Waals surface area contributed by atoms with Crippen LogP contribution >= 0.6 is 23.2 Å². The normalized spacial score (nSPS) is 10.6. The van der Waals surface area contributed by atoms with E-state index < -0.39 is 0 Å². The standard InChI is InChI=1S/C16H15Cl2N3O2/c1-23-15-5-3-2-4-11(15)9-20-21-16(22)10-19-12-6-7-13(17)14(18)8-12/h2-9,19H,10H2,1H3,(H,21,22)/b20-9-. The molecule has 23 heavy (non-hydrogen) atoms. The van der Waals surface area contributed by atoms with Gasteiger partial charge in [0, 0.05) is 11.3 Å². The van der Waals surface area contributed by atoms with Crippen molar-refractivity contribution in [2.75, 3.05) is 19.0 Å². The summed E-state index contributed by atoms with van der Waals surface area (Å²) in [6.07, 6.45) is 1.52. The molecule has 0 fully saturated rings. The lowest BCUT2D eigenvalue weighted by Crippen LogP contribution is -2.25. The van der Waals surface area contributed by atoms with E-state index in [4.69, 9.17) is 27.9 Å². The first-order valence-corrected chi connectivity index (χ1v) is 7.49. The van der Waals surface area contributed by atoms with Crippen molar-refractivity contribution in [3.05, 3.63) is 58.1 Å². The van der Waals surface area contributed by atoms with Crippen molar-refractivity contribution in [3.63, 3.8) is 0 Å². The molecule has 0 radical (unpaired) electrons. The predicted octanol–water partition coefficient (Wildman–Crippen LogP) is 3.56. The van der Waals surface area contributed by atoms with Crippen LogP contribution in [0.25, 0.3) is 0 Å². The highest BCUT2D eigenvalue weighted by atomic mass is 35.5. The van der Waals surface area contributed by atoms with Gasteiger partial charge in [-0.2, -0.15) is 5.10 Å². The molecular formula is C16H15Cl2N3O2. The van der Waals surface area contributed by atoms with Gasteiger partial charge in [-0.3, -0.25) is 4.79 Å². The molecule has 2 N–H and O–H groups in total. The number of hydrogen-bond donors (Lipinski definition) is 2. The molecule has 120 valence electrons. The van der Waals surface area contributed by atoms with E-state index >= 15 is 0 Å². The van der Waals surface area contributed by atoms with Gasteiger partial charge in [0.05, 0.1) is 29.9 Å². The Morgan fingerprint density at radius 3 is 2.74 bits per heavy atom. The first-order chi connectivity index (χ1) is 11.1. The number of amides is 1. The summed E-state index contributed by atoms with van der Waals surface area (Å²) in [5, 5.41) is 7.72. The first kappa shape index (κ1) is 17.1. The second kappa shape index (κ2) is 8.41. The van der Waals surface area contributed by atoms with Crippen LogP contribution in [0.3, 0.4) is 0 Å². The Kier molecular flexibility index (Phi) is 6.26. The number of rotatable bonds is 6. The highest BCUT2D eigenvalue weighted by Crippen LogP contribution is 2.24. The van der Waals surface area contributed by atoms with E-state index in [2.05, 4.69) is 15.8 Å². The van der Waals surface area contributed by atoms with Gasteiger partial charge in [-0.05, 0) is 30.3 Å². The zero-order valence-electron chi connectivity index (χ0n) is 12.3. The van der Waals surface area contributed by atoms with Gasteiger partial charge in [-0.1, -0.05) is 35.3 Å². The molecule has 0 aliphatic rings. The van der Waals surface area contributed by atoms with Crippen molar-refractivity contribution in [3.8, 4) is 5.75 Å². The number of methoxy groups -OCH3 is 1. The molecule has 0 unspecified atom stereocenters. The van der Waals surface area contributed by atoms with Crippen LogP contribution in [0.4, 0.5) is 5.69 Å². The summed E-state index contributed by atoms with van der Waals surface area (Å²) in [5.74, 6) is 0.390. The number of ether oxygens (including phenoxy) is 1. The molecule has 0 heterocycles. The number of anilines is 1. The third-order valence-corrected chi connectivity index (χ3v) is 3.64. The van der Waals surface area contributed by atoms with Gasteiger partial charge < -0.3 is 10.1 Å². The summed E-state index contributed by atoms with van der Waals surface area (Å²) in [5.41, 5.74) is 3.90. The third-order valence-electron chi connectivity index (χ3n) is 2.90. The van der Waals surface area contributed by atoms with E-state index in [-0.39, 0.29) is 12.5 Å². The number of nitrogens with one attached hydrogen (secondary N) is 2. The van der Waals surface area contributed by atoms with Gasteiger partial charge in [0.1, 0.15) is 5.75 Å². The Balaban J connectivity index is 1.85. The Bertz CT molecular complexity index is 720. The lowest BCUT2D eigenvalue weighted by atomic mass is 10.2. The number of hydrazone groups is 1. The van der Waals surface area contributed by atoms with Crippen LogP contribution in [-0.2, 0) is 4.79 Å². The Morgan fingerprint density at radius 2 is 2.00 bits per heavy atom. The minimum absolute atomic E-state index is 0.0568. The number of halogens is 2. The molecule has 1 amide bonds. The van der Waals surface area contributed by atoms with Crippen LogP contribution in [0.2, 0.25) is 10.0 Å². The third kappa shape index (κ3) is 5.16. The van der Waals surface area contributed by atoms with Crippen molar-refractivity contribution < 1.29 is 9.53 Å². The number of para-hydroxylation sites is 1. The van der Waals surface area contributed by atoms with Crippen molar-refractivity contribution in [1.82, 2.24) is 5.43 Å². The molecule has 2 aromatic carbocycles. The number of hydrogen-bond acceptors (Lipinski definition) is 4. The lowest BCUT2D eigenvalue weighted by molar-refractivity contribution is -0.119. The van der Waals surface area contributed by atoms with E-state index in [1.54, 1.807) is 25.3 Å². The van der Waals surface area contributed by atoms with E-state index in [1.165, 1.54) is 6.21 Å². The molecule has 0 aliphatic carbocycles. The topological polar surface area (TPSA) is 62.7 Å². The predicted molar refractivity (Wildman–Crippen MR) is 93.7 cm³/mol. The number of benzene rings is 2. The van der Waals surface area contributed by atoms with Gasteiger partial charge in [0.15, 0.2) is 0 Å². The maximum atomic E-state index is 11.7. The molecular weight excluding hydrogens is 337 g/mol. The Labute approximate surface area is 144 Å². The SMILES string of the molecule is COc1ccccc1/C=N\NC(=O)CNc1ccc(Cl)c(Cl)c1. The van der Waals surface area contributed by atoms with Gasteiger partial charge in [0.2, 0.25) is 0 Å². The van der Waals surface area contributed by atoms with E-state index in [9.17, 15) is 4.79 Å². The molecule has 0 aliphatic heterocycles. The number of carbonyl (C=O) groups is 1. The first-order valence-electron chi connectivity index (χ1n) is 6.74. The smallest absolute Gasteiger partial charge is 0.259 e. The summed E-state index contributed by atoms with van der Waals surface area (Å²) < 4.78 is 5.19. The van der Waals surface area contributed by atoms with E-state index in [0.29, 0.717) is 21.5 Å². The number of nitrogens with zero attached hydrogens (tertiary/aromatic N) is 1. The van der Waals surface area contributed by atoms with Crippen LogP contribution in [0.15, 0.2) is 47.6 Å². The minimum atomic E-state index is -0.290. The Morgan fingerprint density at radius 1 is 1.22 bits per heavy atom. The molecule has 2 aromatic rings. The minimum Gasteiger partial charge on any atom is -0.496 e. The fraction of sp³-hybridized carbons (Fsp3) is 0.125. The van der Waals surface area contributed by atoms with Gasteiger partial charge in [0.25, 0.3) is 5.91 Å². The second-order valence-corrected chi connectivity index (χ2v) is 5.33. The van der Waals surface area contributed by atoms with Crippen LogP contribution < -0.4 is 15.5 Å². The fourth-order valence-corrected chi connectivity index (χ4v) is 2.07. The molecule has 7 heteroatoms. The van der Waals surface area contributed by atoms with Crippen LogP contribution in [0, 0.1) is 0 Å². The lowest BCUT2D eigenvalue weighted by Gasteiger charge is -2.06. The Hall–Kier alpha value is -2.24. The van der Waals surface area contributed by atoms with E-state index in [0.717, 1.165) is 5.56 Å². The average Bonchev–Trinajstić information content (AvgIpc) is 2.56. The van der Waals surface area contributed by atoms with Crippen LogP contribution in [-0.4, -0.2) is 25.8 Å². The van der Waals surface area contributed by atoms with Crippen molar-refractivity contribution in [2.45, 2.75) is 0 Å². The van der Waals surface area contributed by atoms with Crippen LogP contribution in [0.5, 0.6) is 5.75 Å². The van der Waals surface area contributed by atoms with E-state index in [1.807, 2.05) is 24.3 Å². The molecule has 0 bridgehead atoms. The molecule has 0 aromatic heterocycles. The molecule has 0 saturated heterocycles. The molecule has 0 atom stereocenters. The summed E-state index contributed by atoms with van der Waals surface area (Å²) in [7, 11) is 1.58. The summed E-state index contributed by atoms with van der Waals surface area (Å²) in [6.45, 7) is 0.0568. The summed E-state index contributed by atoms with van der Waals surface area (Å²) in [4.78, 5) is 11.7.